The molecule has 0 unspecified atom stereocenters. The van der Waals surface area contributed by atoms with Crippen LogP contribution in [0, 0.1) is 5.92 Å². The molecule has 0 saturated carbocycles. The number of benzene rings is 1. The van der Waals surface area contributed by atoms with Gasteiger partial charge in [0.2, 0.25) is 0 Å². The summed E-state index contributed by atoms with van der Waals surface area (Å²) in [6.45, 7) is 9.90. The third kappa shape index (κ3) is 3.86. The molecule has 1 aromatic carbocycles. The van der Waals surface area contributed by atoms with Crippen molar-refractivity contribution in [1.29, 1.82) is 0 Å². The van der Waals surface area contributed by atoms with Crippen LogP contribution < -0.4 is 4.74 Å². The van der Waals surface area contributed by atoms with Crippen molar-refractivity contribution in [2.24, 2.45) is 5.92 Å². The van der Waals surface area contributed by atoms with Gasteiger partial charge >= 0.3 is 0 Å². The number of rotatable bonds is 6. The monoisotopic (exact) mass is 221 g/mol. The molecule has 0 aromatic heterocycles. The molecule has 0 radical (unpaired) electrons. The first-order valence-corrected chi connectivity index (χ1v) is 6.01. The molecule has 0 atom stereocenters. The van der Waals surface area contributed by atoms with Gasteiger partial charge in [-0.15, -0.1) is 0 Å². The topological polar surface area (TPSA) is 12.5 Å². The third-order valence-electron chi connectivity index (χ3n) is 2.66. The molecule has 0 aliphatic carbocycles. The highest BCUT2D eigenvalue weighted by atomic mass is 16.5. The van der Waals surface area contributed by atoms with E-state index in [-0.39, 0.29) is 0 Å². The van der Waals surface area contributed by atoms with Gasteiger partial charge in [-0.2, -0.15) is 0 Å². The van der Waals surface area contributed by atoms with Crippen LogP contribution in [-0.4, -0.2) is 25.1 Å². The molecule has 0 N–H and O–H groups in total. The quantitative estimate of drug-likeness (QED) is 0.731. The lowest BCUT2D eigenvalue weighted by molar-refractivity contribution is 0.244. The number of para-hydroxylation sites is 1. The minimum Gasteiger partial charge on any atom is -0.496 e. The molecule has 1 aromatic rings. The van der Waals surface area contributed by atoms with E-state index in [1.54, 1.807) is 7.11 Å². The predicted octanol–water partition coefficient (Wildman–Crippen LogP) is 3.17. The van der Waals surface area contributed by atoms with Gasteiger partial charge in [-0.25, -0.2) is 0 Å². The van der Waals surface area contributed by atoms with E-state index in [2.05, 4.69) is 37.8 Å². The van der Waals surface area contributed by atoms with E-state index in [4.69, 9.17) is 4.74 Å². The SMILES string of the molecule is CCN(Cc1ccccc1OC)CC(C)C. The number of methoxy groups -OCH3 is 1. The summed E-state index contributed by atoms with van der Waals surface area (Å²) in [6, 6.07) is 8.25. The minimum atomic E-state index is 0.703. The zero-order chi connectivity index (χ0) is 12.0. The molecule has 0 aliphatic heterocycles. The van der Waals surface area contributed by atoms with Crippen LogP contribution in [0.2, 0.25) is 0 Å². The van der Waals surface area contributed by atoms with Gasteiger partial charge in [0.15, 0.2) is 0 Å². The van der Waals surface area contributed by atoms with Crippen LogP contribution in [0.1, 0.15) is 26.3 Å². The number of nitrogens with zero attached hydrogens (tertiary/aromatic N) is 1. The number of ether oxygens (including phenoxy) is 1. The van der Waals surface area contributed by atoms with Gasteiger partial charge in [0.05, 0.1) is 7.11 Å². The third-order valence-corrected chi connectivity index (χ3v) is 2.66. The van der Waals surface area contributed by atoms with Crippen molar-refractivity contribution in [2.75, 3.05) is 20.2 Å². The van der Waals surface area contributed by atoms with Gasteiger partial charge in [-0.05, 0) is 18.5 Å². The summed E-state index contributed by atoms with van der Waals surface area (Å²) in [4.78, 5) is 2.45. The highest BCUT2D eigenvalue weighted by Crippen LogP contribution is 2.19. The van der Waals surface area contributed by atoms with Crippen LogP contribution in [0.15, 0.2) is 24.3 Å². The molecule has 0 amide bonds. The second-order valence-corrected chi connectivity index (χ2v) is 4.53. The standard InChI is InChI=1S/C14H23NO/c1-5-15(10-12(2)3)11-13-8-6-7-9-14(13)16-4/h6-9,12H,5,10-11H2,1-4H3. The van der Waals surface area contributed by atoms with Crippen LogP contribution in [-0.2, 0) is 6.54 Å². The fraction of sp³-hybridized carbons (Fsp3) is 0.571. The molecule has 2 nitrogen and oxygen atoms in total. The summed E-state index contributed by atoms with van der Waals surface area (Å²) in [5.74, 6) is 1.69. The Morgan fingerprint density at radius 1 is 1.25 bits per heavy atom. The summed E-state index contributed by atoms with van der Waals surface area (Å²) in [6.07, 6.45) is 0. The van der Waals surface area contributed by atoms with Crippen molar-refractivity contribution < 1.29 is 4.74 Å². The van der Waals surface area contributed by atoms with Crippen molar-refractivity contribution in [2.45, 2.75) is 27.3 Å². The Kier molecular flexibility index (Phi) is 5.33. The Balaban J connectivity index is 2.69. The molecule has 0 aliphatic rings. The Labute approximate surface area is 99.2 Å². The van der Waals surface area contributed by atoms with E-state index >= 15 is 0 Å². The van der Waals surface area contributed by atoms with E-state index in [1.807, 2.05) is 12.1 Å². The molecular weight excluding hydrogens is 198 g/mol. The summed E-state index contributed by atoms with van der Waals surface area (Å²) in [5.41, 5.74) is 1.27. The summed E-state index contributed by atoms with van der Waals surface area (Å²) in [5, 5.41) is 0. The van der Waals surface area contributed by atoms with Crippen LogP contribution in [0.25, 0.3) is 0 Å². The van der Waals surface area contributed by atoms with Crippen LogP contribution in [0.4, 0.5) is 0 Å². The largest absolute Gasteiger partial charge is 0.496 e. The molecule has 2 heteroatoms. The Morgan fingerprint density at radius 3 is 2.50 bits per heavy atom. The number of hydrogen-bond donors (Lipinski definition) is 0. The van der Waals surface area contributed by atoms with Crippen molar-refractivity contribution in [1.82, 2.24) is 4.90 Å². The maximum atomic E-state index is 5.37. The molecule has 0 spiro atoms. The maximum absolute atomic E-state index is 5.37. The Bertz CT molecular complexity index is 309. The first-order chi connectivity index (χ1) is 7.67. The summed E-state index contributed by atoms with van der Waals surface area (Å²) < 4.78 is 5.37. The van der Waals surface area contributed by atoms with E-state index in [1.165, 1.54) is 5.56 Å². The lowest BCUT2D eigenvalue weighted by Gasteiger charge is -2.23. The highest BCUT2D eigenvalue weighted by Gasteiger charge is 2.08. The predicted molar refractivity (Wildman–Crippen MR) is 68.8 cm³/mol. The van der Waals surface area contributed by atoms with Gasteiger partial charge < -0.3 is 4.74 Å². The van der Waals surface area contributed by atoms with Crippen molar-refractivity contribution in [3.05, 3.63) is 29.8 Å². The fourth-order valence-corrected chi connectivity index (χ4v) is 1.90. The van der Waals surface area contributed by atoms with Gasteiger partial charge in [-0.1, -0.05) is 39.0 Å². The first kappa shape index (κ1) is 13.0. The second-order valence-electron chi connectivity index (χ2n) is 4.53. The normalized spacial score (nSPS) is 11.1. The summed E-state index contributed by atoms with van der Waals surface area (Å²) >= 11 is 0. The Morgan fingerprint density at radius 2 is 1.94 bits per heavy atom. The van der Waals surface area contributed by atoms with Gasteiger partial charge in [0.25, 0.3) is 0 Å². The zero-order valence-electron chi connectivity index (χ0n) is 10.9. The number of hydrogen-bond acceptors (Lipinski definition) is 2. The van der Waals surface area contributed by atoms with Crippen molar-refractivity contribution >= 4 is 0 Å². The first-order valence-electron chi connectivity index (χ1n) is 6.01. The lowest BCUT2D eigenvalue weighted by Crippen LogP contribution is -2.27. The van der Waals surface area contributed by atoms with Gasteiger partial charge in [0.1, 0.15) is 5.75 Å². The maximum Gasteiger partial charge on any atom is 0.123 e. The summed E-state index contributed by atoms with van der Waals surface area (Å²) in [7, 11) is 1.73. The average molecular weight is 221 g/mol. The molecular formula is C14H23NO. The van der Waals surface area contributed by atoms with E-state index in [0.717, 1.165) is 25.4 Å². The van der Waals surface area contributed by atoms with Crippen molar-refractivity contribution in [3.63, 3.8) is 0 Å². The molecule has 0 bridgehead atoms. The molecule has 0 heterocycles. The second kappa shape index (κ2) is 6.54. The molecule has 0 fully saturated rings. The average Bonchev–Trinajstić information content (AvgIpc) is 2.28. The minimum absolute atomic E-state index is 0.703. The van der Waals surface area contributed by atoms with E-state index in [0.29, 0.717) is 5.92 Å². The molecule has 16 heavy (non-hydrogen) atoms. The van der Waals surface area contributed by atoms with Gasteiger partial charge in [-0.3, -0.25) is 4.90 Å². The highest BCUT2D eigenvalue weighted by molar-refractivity contribution is 5.33. The molecule has 90 valence electrons. The smallest absolute Gasteiger partial charge is 0.123 e. The van der Waals surface area contributed by atoms with Crippen LogP contribution in [0.3, 0.4) is 0 Å². The fourth-order valence-electron chi connectivity index (χ4n) is 1.90. The van der Waals surface area contributed by atoms with Crippen LogP contribution >= 0.6 is 0 Å². The van der Waals surface area contributed by atoms with E-state index < -0.39 is 0 Å². The van der Waals surface area contributed by atoms with E-state index in [9.17, 15) is 0 Å². The molecule has 1 rings (SSSR count). The van der Waals surface area contributed by atoms with Crippen LogP contribution in [0.5, 0.6) is 5.75 Å². The molecule has 0 saturated heterocycles. The van der Waals surface area contributed by atoms with Crippen molar-refractivity contribution in [3.8, 4) is 5.75 Å². The Hall–Kier alpha value is -1.02. The zero-order valence-corrected chi connectivity index (χ0v) is 10.9. The lowest BCUT2D eigenvalue weighted by atomic mass is 10.1. The van der Waals surface area contributed by atoms with Gasteiger partial charge in [0, 0.05) is 18.7 Å².